The molecule has 1 aliphatic heterocycles. The Morgan fingerprint density at radius 1 is 1.24 bits per heavy atom. The van der Waals surface area contributed by atoms with Crippen LogP contribution in [0.3, 0.4) is 0 Å². The minimum absolute atomic E-state index is 0.0766. The Kier molecular flexibility index (Phi) is 2.65. The quantitative estimate of drug-likeness (QED) is 0.794. The van der Waals surface area contributed by atoms with Gasteiger partial charge >= 0.3 is 0 Å². The maximum atomic E-state index is 5.84. The highest BCUT2D eigenvalue weighted by Gasteiger charge is 2.27. The van der Waals surface area contributed by atoms with Crippen molar-refractivity contribution in [2.24, 2.45) is 0 Å². The van der Waals surface area contributed by atoms with Gasteiger partial charge in [-0.2, -0.15) is 0 Å². The fourth-order valence-corrected chi connectivity index (χ4v) is 2.24. The zero-order valence-electron chi connectivity index (χ0n) is 9.78. The molecule has 17 heavy (non-hydrogen) atoms. The third kappa shape index (κ3) is 1.96. The second-order valence-electron chi connectivity index (χ2n) is 4.41. The molecule has 1 aromatic carbocycles. The number of benzene rings is 1. The second-order valence-corrected chi connectivity index (χ2v) is 4.41. The van der Waals surface area contributed by atoms with Gasteiger partial charge in [0.2, 0.25) is 0 Å². The van der Waals surface area contributed by atoms with Gasteiger partial charge in [-0.25, -0.2) is 0 Å². The van der Waals surface area contributed by atoms with Crippen molar-refractivity contribution in [1.82, 2.24) is 14.8 Å². The zero-order chi connectivity index (χ0) is 11.7. The molecule has 0 aliphatic carbocycles. The van der Waals surface area contributed by atoms with Crippen molar-refractivity contribution in [3.05, 3.63) is 42.5 Å². The van der Waals surface area contributed by atoms with E-state index in [1.54, 1.807) is 6.33 Å². The highest BCUT2D eigenvalue weighted by molar-refractivity contribution is 5.32. The minimum Gasteiger partial charge on any atom is -0.367 e. The number of hydrogen-bond donors (Lipinski definition) is 0. The van der Waals surface area contributed by atoms with Crippen LogP contribution in [-0.4, -0.2) is 20.9 Å². The number of hydrogen-bond acceptors (Lipinski definition) is 3. The topological polar surface area (TPSA) is 39.9 Å². The number of nitrogens with zero attached hydrogens (tertiary/aromatic N) is 3. The molecule has 4 heteroatoms. The largest absolute Gasteiger partial charge is 0.367 e. The Bertz CT molecular complexity index is 494. The SMILES string of the molecule is CC1CCC(c2nncn2-c2ccccc2)O1. The van der Waals surface area contributed by atoms with Crippen molar-refractivity contribution in [1.29, 1.82) is 0 Å². The van der Waals surface area contributed by atoms with Gasteiger partial charge in [0, 0.05) is 5.69 Å². The highest BCUT2D eigenvalue weighted by atomic mass is 16.5. The molecule has 0 N–H and O–H groups in total. The number of rotatable bonds is 2. The molecule has 2 atom stereocenters. The van der Waals surface area contributed by atoms with E-state index in [1.807, 2.05) is 34.9 Å². The van der Waals surface area contributed by atoms with Gasteiger partial charge in [-0.3, -0.25) is 4.57 Å². The minimum atomic E-state index is 0.0766. The maximum Gasteiger partial charge on any atom is 0.166 e. The van der Waals surface area contributed by atoms with E-state index in [9.17, 15) is 0 Å². The van der Waals surface area contributed by atoms with Crippen LogP contribution in [0.15, 0.2) is 36.7 Å². The summed E-state index contributed by atoms with van der Waals surface area (Å²) in [5, 5.41) is 8.20. The van der Waals surface area contributed by atoms with Crippen LogP contribution in [0.4, 0.5) is 0 Å². The van der Waals surface area contributed by atoms with E-state index in [0.29, 0.717) is 6.10 Å². The van der Waals surface area contributed by atoms with E-state index in [2.05, 4.69) is 17.1 Å². The Balaban J connectivity index is 1.95. The monoisotopic (exact) mass is 229 g/mol. The van der Waals surface area contributed by atoms with Crippen molar-refractivity contribution < 1.29 is 4.74 Å². The molecule has 0 radical (unpaired) electrons. The van der Waals surface area contributed by atoms with Gasteiger partial charge in [-0.1, -0.05) is 18.2 Å². The third-order valence-electron chi connectivity index (χ3n) is 3.13. The predicted molar refractivity (Wildman–Crippen MR) is 63.9 cm³/mol. The lowest BCUT2D eigenvalue weighted by atomic mass is 10.2. The van der Waals surface area contributed by atoms with Crippen LogP contribution < -0.4 is 0 Å². The molecule has 4 nitrogen and oxygen atoms in total. The summed E-state index contributed by atoms with van der Waals surface area (Å²) in [4.78, 5) is 0. The van der Waals surface area contributed by atoms with Gasteiger partial charge in [0.05, 0.1) is 6.10 Å². The normalized spacial score (nSPS) is 24.1. The van der Waals surface area contributed by atoms with E-state index >= 15 is 0 Å². The first-order valence-electron chi connectivity index (χ1n) is 5.95. The molecule has 3 rings (SSSR count). The van der Waals surface area contributed by atoms with Crippen molar-refractivity contribution in [2.45, 2.75) is 32.0 Å². The molecular formula is C13H15N3O. The van der Waals surface area contributed by atoms with Crippen molar-refractivity contribution >= 4 is 0 Å². The molecule has 0 bridgehead atoms. The molecular weight excluding hydrogens is 214 g/mol. The lowest BCUT2D eigenvalue weighted by Gasteiger charge is -2.12. The van der Waals surface area contributed by atoms with Crippen LogP contribution in [-0.2, 0) is 4.74 Å². The van der Waals surface area contributed by atoms with E-state index in [0.717, 1.165) is 24.4 Å². The molecule has 1 fully saturated rings. The molecule has 88 valence electrons. The second kappa shape index (κ2) is 4.30. The van der Waals surface area contributed by atoms with Crippen LogP contribution in [0.5, 0.6) is 0 Å². The summed E-state index contributed by atoms with van der Waals surface area (Å²) in [6, 6.07) is 10.1. The molecule has 0 saturated carbocycles. The standard InChI is InChI=1S/C13H15N3O/c1-10-7-8-12(17-10)13-15-14-9-16(13)11-5-3-2-4-6-11/h2-6,9-10,12H,7-8H2,1H3. The van der Waals surface area contributed by atoms with Crippen molar-refractivity contribution in [2.75, 3.05) is 0 Å². The van der Waals surface area contributed by atoms with Crippen LogP contribution in [0.25, 0.3) is 5.69 Å². The average Bonchev–Trinajstić information content (AvgIpc) is 2.98. The molecule has 2 unspecified atom stereocenters. The first-order valence-corrected chi connectivity index (χ1v) is 5.95. The number of aromatic nitrogens is 3. The Morgan fingerprint density at radius 2 is 2.06 bits per heavy atom. The highest BCUT2D eigenvalue weighted by Crippen LogP contribution is 2.32. The van der Waals surface area contributed by atoms with E-state index in [1.165, 1.54) is 0 Å². The first-order chi connectivity index (χ1) is 8.34. The van der Waals surface area contributed by atoms with Gasteiger partial charge in [-0.05, 0) is 31.9 Å². The first kappa shape index (κ1) is 10.5. The molecule has 1 aliphatic rings. The number of para-hydroxylation sites is 1. The summed E-state index contributed by atoms with van der Waals surface area (Å²) in [7, 11) is 0. The molecule has 1 aromatic heterocycles. The molecule has 2 aromatic rings. The molecule has 2 heterocycles. The van der Waals surface area contributed by atoms with Crippen LogP contribution in [0, 0.1) is 0 Å². The number of ether oxygens (including phenoxy) is 1. The Hall–Kier alpha value is -1.68. The maximum absolute atomic E-state index is 5.84. The Labute approximate surface area is 100 Å². The predicted octanol–water partition coefficient (Wildman–Crippen LogP) is 2.51. The summed E-state index contributed by atoms with van der Waals surface area (Å²) in [5.74, 6) is 0.903. The lowest BCUT2D eigenvalue weighted by molar-refractivity contribution is 0.0492. The lowest BCUT2D eigenvalue weighted by Crippen LogP contribution is -2.08. The molecule has 1 saturated heterocycles. The van der Waals surface area contributed by atoms with Gasteiger partial charge < -0.3 is 4.74 Å². The van der Waals surface area contributed by atoms with Gasteiger partial charge in [0.25, 0.3) is 0 Å². The van der Waals surface area contributed by atoms with E-state index < -0.39 is 0 Å². The van der Waals surface area contributed by atoms with Gasteiger partial charge in [-0.15, -0.1) is 10.2 Å². The van der Waals surface area contributed by atoms with Crippen LogP contribution in [0.2, 0.25) is 0 Å². The van der Waals surface area contributed by atoms with Crippen LogP contribution in [0.1, 0.15) is 31.7 Å². The summed E-state index contributed by atoms with van der Waals surface area (Å²) in [6.07, 6.45) is 4.25. The molecule has 0 amide bonds. The summed E-state index contributed by atoms with van der Waals surface area (Å²) < 4.78 is 7.85. The van der Waals surface area contributed by atoms with Gasteiger partial charge in [0.15, 0.2) is 5.82 Å². The zero-order valence-corrected chi connectivity index (χ0v) is 9.78. The van der Waals surface area contributed by atoms with Crippen LogP contribution >= 0.6 is 0 Å². The fraction of sp³-hybridized carbons (Fsp3) is 0.385. The average molecular weight is 229 g/mol. The smallest absolute Gasteiger partial charge is 0.166 e. The van der Waals surface area contributed by atoms with E-state index in [4.69, 9.17) is 4.74 Å². The van der Waals surface area contributed by atoms with Crippen molar-refractivity contribution in [3.8, 4) is 5.69 Å². The van der Waals surface area contributed by atoms with E-state index in [-0.39, 0.29) is 6.10 Å². The summed E-state index contributed by atoms with van der Waals surface area (Å²) in [6.45, 7) is 2.10. The molecule has 0 spiro atoms. The summed E-state index contributed by atoms with van der Waals surface area (Å²) >= 11 is 0. The Morgan fingerprint density at radius 3 is 2.76 bits per heavy atom. The fourth-order valence-electron chi connectivity index (χ4n) is 2.24. The third-order valence-corrected chi connectivity index (χ3v) is 3.13. The van der Waals surface area contributed by atoms with Crippen molar-refractivity contribution in [3.63, 3.8) is 0 Å². The van der Waals surface area contributed by atoms with Gasteiger partial charge in [0.1, 0.15) is 12.4 Å². The summed E-state index contributed by atoms with van der Waals surface area (Å²) in [5.41, 5.74) is 1.08.